The summed E-state index contributed by atoms with van der Waals surface area (Å²) in [7, 11) is 1.73. The SMILES string of the molecule is CNc1ncc(C(=O)N2CCCCCC2CO)cc1Cl. The van der Waals surface area contributed by atoms with E-state index in [4.69, 9.17) is 11.6 Å². The minimum absolute atomic E-state index is 0.00149. The molecule has 1 fully saturated rings. The van der Waals surface area contributed by atoms with E-state index in [0.29, 0.717) is 22.9 Å². The number of hydrogen-bond acceptors (Lipinski definition) is 4. The van der Waals surface area contributed by atoms with Gasteiger partial charge >= 0.3 is 0 Å². The highest BCUT2D eigenvalue weighted by Crippen LogP contribution is 2.23. The number of amides is 1. The molecule has 1 atom stereocenters. The van der Waals surface area contributed by atoms with Crippen LogP contribution in [0.4, 0.5) is 5.82 Å². The van der Waals surface area contributed by atoms with Gasteiger partial charge in [0.05, 0.1) is 23.2 Å². The lowest BCUT2D eigenvalue weighted by Crippen LogP contribution is -2.42. The Bertz CT molecular complexity index is 481. The van der Waals surface area contributed by atoms with E-state index in [1.165, 1.54) is 6.20 Å². The van der Waals surface area contributed by atoms with E-state index in [0.717, 1.165) is 25.7 Å². The molecule has 1 saturated heterocycles. The molecule has 0 bridgehead atoms. The number of halogens is 1. The molecular formula is C14H20ClN3O2. The Morgan fingerprint density at radius 1 is 1.55 bits per heavy atom. The Kier molecular flexibility index (Phi) is 5.20. The maximum Gasteiger partial charge on any atom is 0.255 e. The molecule has 1 aromatic heterocycles. The van der Waals surface area contributed by atoms with Crippen LogP contribution in [0.1, 0.15) is 36.0 Å². The van der Waals surface area contributed by atoms with Crippen LogP contribution in [0.25, 0.3) is 0 Å². The standard InChI is InChI=1S/C14H20ClN3O2/c1-16-13-12(15)7-10(8-17-13)14(20)18-6-4-2-3-5-11(18)9-19/h7-8,11,19H,2-6,9H2,1H3,(H,16,17). The Balaban J connectivity index is 2.22. The fourth-order valence-electron chi connectivity index (χ4n) is 2.54. The third-order valence-electron chi connectivity index (χ3n) is 3.67. The number of aliphatic hydroxyl groups excluding tert-OH is 1. The summed E-state index contributed by atoms with van der Waals surface area (Å²) in [5.74, 6) is 0.445. The molecule has 2 heterocycles. The van der Waals surface area contributed by atoms with E-state index in [9.17, 15) is 9.90 Å². The summed E-state index contributed by atoms with van der Waals surface area (Å²) in [4.78, 5) is 18.5. The summed E-state index contributed by atoms with van der Waals surface area (Å²) in [5.41, 5.74) is 0.467. The van der Waals surface area contributed by atoms with Gasteiger partial charge < -0.3 is 15.3 Å². The van der Waals surface area contributed by atoms with Crippen molar-refractivity contribution in [2.75, 3.05) is 25.5 Å². The Morgan fingerprint density at radius 3 is 3.00 bits per heavy atom. The van der Waals surface area contributed by atoms with E-state index in [-0.39, 0.29) is 18.6 Å². The van der Waals surface area contributed by atoms with Crippen molar-refractivity contribution in [3.8, 4) is 0 Å². The quantitative estimate of drug-likeness (QED) is 0.897. The van der Waals surface area contributed by atoms with Crippen molar-refractivity contribution in [2.24, 2.45) is 0 Å². The second kappa shape index (κ2) is 6.90. The number of carbonyl (C=O) groups is 1. The van der Waals surface area contributed by atoms with Crippen molar-refractivity contribution in [3.05, 3.63) is 22.8 Å². The molecule has 1 amide bonds. The zero-order chi connectivity index (χ0) is 14.5. The third kappa shape index (κ3) is 3.22. The van der Waals surface area contributed by atoms with Crippen LogP contribution in [0, 0.1) is 0 Å². The molecule has 6 heteroatoms. The third-order valence-corrected chi connectivity index (χ3v) is 3.96. The number of nitrogens with zero attached hydrogens (tertiary/aromatic N) is 2. The minimum atomic E-state index is -0.108. The molecule has 0 aliphatic carbocycles. The summed E-state index contributed by atoms with van der Waals surface area (Å²) >= 11 is 6.07. The van der Waals surface area contributed by atoms with Crippen LogP contribution in [0.15, 0.2) is 12.3 Å². The maximum absolute atomic E-state index is 12.6. The van der Waals surface area contributed by atoms with Crippen molar-refractivity contribution in [3.63, 3.8) is 0 Å². The Morgan fingerprint density at radius 2 is 2.35 bits per heavy atom. The van der Waals surface area contributed by atoms with Crippen molar-refractivity contribution in [2.45, 2.75) is 31.7 Å². The van der Waals surface area contributed by atoms with Gasteiger partial charge in [-0.2, -0.15) is 0 Å². The van der Waals surface area contributed by atoms with Crippen molar-refractivity contribution < 1.29 is 9.90 Å². The molecule has 1 aliphatic heterocycles. The molecule has 1 aromatic rings. The molecule has 1 aliphatic rings. The zero-order valence-electron chi connectivity index (χ0n) is 11.6. The van der Waals surface area contributed by atoms with Gasteiger partial charge in [0.2, 0.25) is 0 Å². The van der Waals surface area contributed by atoms with Gasteiger partial charge in [-0.25, -0.2) is 4.98 Å². The normalized spacial score (nSPS) is 19.6. The van der Waals surface area contributed by atoms with Crippen LogP contribution < -0.4 is 5.32 Å². The highest BCUT2D eigenvalue weighted by molar-refractivity contribution is 6.33. The van der Waals surface area contributed by atoms with Crippen molar-refractivity contribution in [1.82, 2.24) is 9.88 Å². The summed E-state index contributed by atoms with van der Waals surface area (Å²) in [5, 5.41) is 12.8. The molecule has 20 heavy (non-hydrogen) atoms. The van der Waals surface area contributed by atoms with E-state index in [1.54, 1.807) is 18.0 Å². The average Bonchev–Trinajstić information content (AvgIpc) is 2.71. The number of aromatic nitrogens is 1. The van der Waals surface area contributed by atoms with E-state index in [1.807, 2.05) is 0 Å². The van der Waals surface area contributed by atoms with Crippen LogP contribution in [-0.2, 0) is 0 Å². The van der Waals surface area contributed by atoms with Crippen LogP contribution >= 0.6 is 11.6 Å². The van der Waals surface area contributed by atoms with Crippen LogP contribution in [0.2, 0.25) is 5.02 Å². The smallest absolute Gasteiger partial charge is 0.255 e. The highest BCUT2D eigenvalue weighted by atomic mass is 35.5. The van der Waals surface area contributed by atoms with Gasteiger partial charge in [0, 0.05) is 19.8 Å². The molecule has 2 N–H and O–H groups in total. The van der Waals surface area contributed by atoms with E-state index in [2.05, 4.69) is 10.3 Å². The summed E-state index contributed by atoms with van der Waals surface area (Å²) in [6.07, 6.45) is 5.49. The lowest BCUT2D eigenvalue weighted by molar-refractivity contribution is 0.0599. The predicted molar refractivity (Wildman–Crippen MR) is 79.2 cm³/mol. The number of aliphatic hydroxyl groups is 1. The number of likely N-dealkylation sites (tertiary alicyclic amines) is 1. The van der Waals surface area contributed by atoms with Gasteiger partial charge in [-0.15, -0.1) is 0 Å². The summed E-state index contributed by atoms with van der Waals surface area (Å²) in [6, 6.07) is 1.52. The molecular weight excluding hydrogens is 278 g/mol. The van der Waals surface area contributed by atoms with Gasteiger partial charge in [-0.05, 0) is 18.9 Å². The maximum atomic E-state index is 12.6. The highest BCUT2D eigenvalue weighted by Gasteiger charge is 2.26. The molecule has 5 nitrogen and oxygen atoms in total. The average molecular weight is 298 g/mol. The second-order valence-corrected chi connectivity index (χ2v) is 5.40. The number of pyridine rings is 1. The Labute approximate surface area is 123 Å². The van der Waals surface area contributed by atoms with Gasteiger partial charge in [0.1, 0.15) is 5.82 Å². The van der Waals surface area contributed by atoms with Gasteiger partial charge in [0.25, 0.3) is 5.91 Å². The fourth-order valence-corrected chi connectivity index (χ4v) is 2.80. The van der Waals surface area contributed by atoms with Crippen molar-refractivity contribution >= 4 is 23.3 Å². The number of anilines is 1. The van der Waals surface area contributed by atoms with Crippen LogP contribution in [0.3, 0.4) is 0 Å². The van der Waals surface area contributed by atoms with Crippen LogP contribution in [-0.4, -0.2) is 47.1 Å². The molecule has 0 saturated carbocycles. The number of rotatable bonds is 3. The lowest BCUT2D eigenvalue weighted by Gasteiger charge is -2.28. The second-order valence-electron chi connectivity index (χ2n) is 4.99. The largest absolute Gasteiger partial charge is 0.394 e. The summed E-state index contributed by atoms with van der Waals surface area (Å²) in [6.45, 7) is 0.678. The van der Waals surface area contributed by atoms with Gasteiger partial charge in [-0.3, -0.25) is 4.79 Å². The van der Waals surface area contributed by atoms with E-state index >= 15 is 0 Å². The first-order chi connectivity index (χ1) is 9.67. The van der Waals surface area contributed by atoms with Gasteiger partial charge in [-0.1, -0.05) is 24.4 Å². The first-order valence-corrected chi connectivity index (χ1v) is 7.30. The van der Waals surface area contributed by atoms with Crippen LogP contribution in [0.5, 0.6) is 0 Å². The molecule has 0 aromatic carbocycles. The van der Waals surface area contributed by atoms with E-state index < -0.39 is 0 Å². The summed E-state index contributed by atoms with van der Waals surface area (Å²) < 4.78 is 0. The minimum Gasteiger partial charge on any atom is -0.394 e. The molecule has 0 spiro atoms. The first-order valence-electron chi connectivity index (χ1n) is 6.92. The van der Waals surface area contributed by atoms with Gasteiger partial charge in [0.15, 0.2) is 0 Å². The molecule has 1 unspecified atom stereocenters. The number of hydrogen-bond donors (Lipinski definition) is 2. The van der Waals surface area contributed by atoms with Crippen molar-refractivity contribution in [1.29, 1.82) is 0 Å². The monoisotopic (exact) mass is 297 g/mol. The Hall–Kier alpha value is -1.33. The number of nitrogens with one attached hydrogen (secondary N) is 1. The first kappa shape index (κ1) is 15.1. The predicted octanol–water partition coefficient (Wildman–Crippen LogP) is 2.15. The zero-order valence-corrected chi connectivity index (χ0v) is 12.4. The fraction of sp³-hybridized carbons (Fsp3) is 0.571. The molecule has 2 rings (SSSR count). The lowest BCUT2D eigenvalue weighted by atomic mass is 10.1. The molecule has 110 valence electrons. The molecule has 0 radical (unpaired) electrons. The topological polar surface area (TPSA) is 65.5 Å². The number of carbonyl (C=O) groups excluding carboxylic acids is 1.